The second-order valence-corrected chi connectivity index (χ2v) is 4.64. The van der Waals surface area contributed by atoms with Crippen LogP contribution >= 0.6 is 11.3 Å². The quantitative estimate of drug-likeness (QED) is 0.868. The number of aromatic nitrogens is 1. The summed E-state index contributed by atoms with van der Waals surface area (Å²) in [5, 5.41) is 4.68. The predicted octanol–water partition coefficient (Wildman–Crippen LogP) is 3.44. The molecule has 0 radical (unpaired) electrons. The minimum absolute atomic E-state index is 0.309. The van der Waals surface area contributed by atoms with Gasteiger partial charge in [0.1, 0.15) is 5.01 Å². The maximum Gasteiger partial charge on any atom is 0.434 e. The first-order chi connectivity index (χ1) is 7.43. The van der Waals surface area contributed by atoms with Crippen LogP contribution in [0.15, 0.2) is 5.38 Å². The number of halogens is 3. The van der Waals surface area contributed by atoms with Crippen LogP contribution in [-0.4, -0.2) is 11.0 Å². The van der Waals surface area contributed by atoms with E-state index < -0.39 is 11.9 Å². The third-order valence-corrected chi connectivity index (χ3v) is 3.01. The Morgan fingerprint density at radius 1 is 1.50 bits per heavy atom. The Morgan fingerprint density at radius 2 is 2.19 bits per heavy atom. The summed E-state index contributed by atoms with van der Waals surface area (Å²) in [6.07, 6.45) is -2.26. The summed E-state index contributed by atoms with van der Waals surface area (Å²) in [5.41, 5.74) is -0.794. The number of thiazole rings is 1. The molecular formula is C10H15F3N2S. The molecule has 1 heterocycles. The fourth-order valence-electron chi connectivity index (χ4n) is 1.32. The Kier molecular flexibility index (Phi) is 4.73. The van der Waals surface area contributed by atoms with E-state index in [-0.39, 0.29) is 0 Å². The molecular weight excluding hydrogens is 237 g/mol. The molecule has 0 spiro atoms. The zero-order valence-electron chi connectivity index (χ0n) is 9.27. The molecule has 0 bridgehead atoms. The van der Waals surface area contributed by atoms with Crippen molar-refractivity contribution in [2.24, 2.45) is 0 Å². The fraction of sp³-hybridized carbons (Fsp3) is 0.700. The van der Waals surface area contributed by atoms with E-state index in [4.69, 9.17) is 0 Å². The lowest BCUT2D eigenvalue weighted by molar-refractivity contribution is -0.140. The highest BCUT2D eigenvalue weighted by Gasteiger charge is 2.33. The van der Waals surface area contributed by atoms with Crippen molar-refractivity contribution >= 4 is 11.3 Å². The molecule has 0 aliphatic carbocycles. The van der Waals surface area contributed by atoms with Gasteiger partial charge in [0.15, 0.2) is 5.69 Å². The Labute approximate surface area is 96.9 Å². The van der Waals surface area contributed by atoms with Crippen LogP contribution in [-0.2, 0) is 12.7 Å². The number of hydrogen-bond acceptors (Lipinski definition) is 3. The van der Waals surface area contributed by atoms with Gasteiger partial charge in [0.05, 0.1) is 0 Å². The third kappa shape index (κ3) is 4.09. The minimum atomic E-state index is -4.33. The summed E-state index contributed by atoms with van der Waals surface area (Å²) in [7, 11) is 0. The second-order valence-electron chi connectivity index (χ2n) is 3.69. The molecule has 1 unspecified atom stereocenters. The van der Waals surface area contributed by atoms with E-state index in [0.29, 0.717) is 17.6 Å². The van der Waals surface area contributed by atoms with Crippen LogP contribution in [0.5, 0.6) is 0 Å². The van der Waals surface area contributed by atoms with Gasteiger partial charge in [0.25, 0.3) is 0 Å². The van der Waals surface area contributed by atoms with Gasteiger partial charge in [0.2, 0.25) is 0 Å². The highest BCUT2D eigenvalue weighted by Crippen LogP contribution is 2.29. The second kappa shape index (κ2) is 5.63. The summed E-state index contributed by atoms with van der Waals surface area (Å²) in [4.78, 5) is 3.54. The van der Waals surface area contributed by atoms with Crippen LogP contribution in [0.4, 0.5) is 13.2 Å². The van der Waals surface area contributed by atoms with Gasteiger partial charge in [-0.25, -0.2) is 4.98 Å². The average Bonchev–Trinajstić information content (AvgIpc) is 2.63. The number of nitrogens with one attached hydrogen (secondary N) is 1. The predicted molar refractivity (Wildman–Crippen MR) is 58.3 cm³/mol. The summed E-state index contributed by atoms with van der Waals surface area (Å²) in [6.45, 7) is 4.49. The molecule has 2 nitrogen and oxygen atoms in total. The fourth-order valence-corrected chi connectivity index (χ4v) is 2.07. The van der Waals surface area contributed by atoms with E-state index in [2.05, 4.69) is 17.2 Å². The summed E-state index contributed by atoms with van der Waals surface area (Å²) in [5.74, 6) is 0. The van der Waals surface area contributed by atoms with E-state index in [9.17, 15) is 13.2 Å². The molecule has 1 N–H and O–H groups in total. The molecule has 1 atom stereocenters. The number of alkyl halides is 3. The Balaban J connectivity index is 2.47. The highest BCUT2D eigenvalue weighted by molar-refractivity contribution is 7.09. The molecule has 1 aromatic heterocycles. The lowest BCUT2D eigenvalue weighted by Crippen LogP contribution is -2.25. The highest BCUT2D eigenvalue weighted by atomic mass is 32.1. The molecule has 0 amide bonds. The molecule has 0 saturated carbocycles. The Bertz CT molecular complexity index is 322. The van der Waals surface area contributed by atoms with Gasteiger partial charge in [-0.1, -0.05) is 13.3 Å². The molecule has 0 aliphatic heterocycles. The average molecular weight is 252 g/mol. The molecule has 0 fully saturated rings. The number of hydrogen-bond donors (Lipinski definition) is 1. The van der Waals surface area contributed by atoms with Crippen LogP contribution in [0.1, 0.15) is 37.4 Å². The lowest BCUT2D eigenvalue weighted by Gasteiger charge is -2.10. The van der Waals surface area contributed by atoms with Crippen molar-refractivity contribution in [3.8, 4) is 0 Å². The van der Waals surface area contributed by atoms with E-state index in [1.165, 1.54) is 0 Å². The third-order valence-electron chi connectivity index (χ3n) is 2.17. The minimum Gasteiger partial charge on any atom is -0.308 e. The van der Waals surface area contributed by atoms with Crippen molar-refractivity contribution in [2.75, 3.05) is 0 Å². The lowest BCUT2D eigenvalue weighted by atomic mass is 10.2. The molecule has 0 aromatic carbocycles. The van der Waals surface area contributed by atoms with E-state index in [1.54, 1.807) is 0 Å². The van der Waals surface area contributed by atoms with Crippen LogP contribution in [0, 0.1) is 0 Å². The Morgan fingerprint density at radius 3 is 2.69 bits per heavy atom. The maximum atomic E-state index is 12.2. The molecule has 1 aromatic rings. The van der Waals surface area contributed by atoms with Crippen molar-refractivity contribution in [1.29, 1.82) is 0 Å². The summed E-state index contributed by atoms with van der Waals surface area (Å²) in [6, 6.07) is 0.309. The molecule has 1 rings (SSSR count). The van der Waals surface area contributed by atoms with Crippen molar-refractivity contribution in [3.05, 3.63) is 16.1 Å². The van der Waals surface area contributed by atoms with Crippen LogP contribution in [0.3, 0.4) is 0 Å². The van der Waals surface area contributed by atoms with Gasteiger partial charge in [-0.3, -0.25) is 0 Å². The molecule has 92 valence electrons. The molecule has 6 heteroatoms. The van der Waals surface area contributed by atoms with Gasteiger partial charge < -0.3 is 5.32 Å². The summed E-state index contributed by atoms with van der Waals surface area (Å²) >= 11 is 1.04. The van der Waals surface area contributed by atoms with Crippen molar-refractivity contribution in [3.63, 3.8) is 0 Å². The first-order valence-electron chi connectivity index (χ1n) is 5.18. The molecule has 0 aliphatic rings. The van der Waals surface area contributed by atoms with Crippen molar-refractivity contribution in [1.82, 2.24) is 10.3 Å². The number of nitrogens with zero attached hydrogens (tertiary/aromatic N) is 1. The van der Waals surface area contributed by atoms with Crippen molar-refractivity contribution in [2.45, 2.75) is 45.5 Å². The first-order valence-corrected chi connectivity index (χ1v) is 6.06. The van der Waals surface area contributed by atoms with Crippen LogP contribution < -0.4 is 5.32 Å². The number of rotatable bonds is 5. The van der Waals surface area contributed by atoms with Crippen molar-refractivity contribution < 1.29 is 13.2 Å². The van der Waals surface area contributed by atoms with Gasteiger partial charge in [-0.05, 0) is 13.3 Å². The standard InChI is InChI=1S/C10H15F3N2S/c1-3-4-7(2)14-5-9-15-8(6-16-9)10(11,12)13/h6-7,14H,3-5H2,1-2H3. The van der Waals surface area contributed by atoms with Gasteiger partial charge in [0, 0.05) is 18.0 Å². The maximum absolute atomic E-state index is 12.2. The normalized spacial score (nSPS) is 14.1. The summed E-state index contributed by atoms with van der Waals surface area (Å²) < 4.78 is 36.7. The topological polar surface area (TPSA) is 24.9 Å². The van der Waals surface area contributed by atoms with Crippen LogP contribution in [0.25, 0.3) is 0 Å². The van der Waals surface area contributed by atoms with Gasteiger partial charge in [-0.2, -0.15) is 13.2 Å². The first kappa shape index (κ1) is 13.4. The van der Waals surface area contributed by atoms with Gasteiger partial charge in [-0.15, -0.1) is 11.3 Å². The largest absolute Gasteiger partial charge is 0.434 e. The van der Waals surface area contributed by atoms with Crippen LogP contribution in [0.2, 0.25) is 0 Å². The zero-order valence-corrected chi connectivity index (χ0v) is 10.1. The zero-order chi connectivity index (χ0) is 12.2. The molecule has 16 heavy (non-hydrogen) atoms. The van der Waals surface area contributed by atoms with Gasteiger partial charge >= 0.3 is 6.18 Å². The van der Waals surface area contributed by atoms with E-state index in [1.807, 2.05) is 6.92 Å². The smallest absolute Gasteiger partial charge is 0.308 e. The SMILES string of the molecule is CCCC(C)NCc1nc(C(F)(F)F)cs1. The van der Waals surface area contributed by atoms with E-state index in [0.717, 1.165) is 29.6 Å². The monoisotopic (exact) mass is 252 g/mol. The van der Waals surface area contributed by atoms with E-state index >= 15 is 0 Å². The Hall–Kier alpha value is -0.620. The molecule has 0 saturated heterocycles.